The van der Waals surface area contributed by atoms with Crippen molar-refractivity contribution in [1.82, 2.24) is 14.9 Å². The number of halogens is 1. The molecule has 23 heavy (non-hydrogen) atoms. The number of anilines is 2. The lowest BCUT2D eigenvalue weighted by Crippen LogP contribution is -2.47. The average Bonchev–Trinajstić information content (AvgIpc) is 2.56. The van der Waals surface area contributed by atoms with E-state index >= 15 is 0 Å². The SMILES string of the molecule is Nc1nc(Cl)cc(N2CCN(CCOc3ccccc3)CC2)n1. The predicted octanol–water partition coefficient (Wildman–Crippen LogP) is 1.91. The Morgan fingerprint density at radius 2 is 1.83 bits per heavy atom. The van der Waals surface area contributed by atoms with Crippen molar-refractivity contribution in [3.8, 4) is 5.75 Å². The van der Waals surface area contributed by atoms with Gasteiger partial charge in [0.15, 0.2) is 0 Å². The number of benzene rings is 1. The number of nitrogens with two attached hydrogens (primary N) is 1. The molecule has 2 N–H and O–H groups in total. The Bertz CT molecular complexity index is 611. The monoisotopic (exact) mass is 333 g/mol. The third-order valence-electron chi connectivity index (χ3n) is 3.81. The Labute approximate surface area is 140 Å². The summed E-state index contributed by atoms with van der Waals surface area (Å²) in [6.45, 7) is 5.29. The molecule has 7 heteroatoms. The molecule has 1 aliphatic rings. The molecule has 0 unspecified atom stereocenters. The lowest BCUT2D eigenvalue weighted by atomic mass is 10.3. The predicted molar refractivity (Wildman–Crippen MR) is 92.0 cm³/mol. The Balaban J connectivity index is 1.45. The first-order valence-electron chi connectivity index (χ1n) is 7.66. The first-order chi connectivity index (χ1) is 11.2. The number of aromatic nitrogens is 2. The van der Waals surface area contributed by atoms with E-state index in [0.717, 1.165) is 44.3 Å². The van der Waals surface area contributed by atoms with Gasteiger partial charge >= 0.3 is 0 Å². The highest BCUT2D eigenvalue weighted by molar-refractivity contribution is 6.29. The summed E-state index contributed by atoms with van der Waals surface area (Å²) in [4.78, 5) is 12.7. The minimum Gasteiger partial charge on any atom is -0.492 e. The summed E-state index contributed by atoms with van der Waals surface area (Å²) in [6.07, 6.45) is 0. The maximum atomic E-state index is 5.94. The third kappa shape index (κ3) is 4.46. The van der Waals surface area contributed by atoms with Crippen LogP contribution in [0.4, 0.5) is 11.8 Å². The first kappa shape index (κ1) is 15.8. The molecule has 0 atom stereocenters. The van der Waals surface area contributed by atoms with Crippen molar-refractivity contribution in [3.05, 3.63) is 41.6 Å². The van der Waals surface area contributed by atoms with Gasteiger partial charge in [0, 0.05) is 38.8 Å². The number of nitrogens with zero attached hydrogens (tertiary/aromatic N) is 4. The molecule has 0 saturated carbocycles. The normalized spacial score (nSPS) is 15.6. The van der Waals surface area contributed by atoms with E-state index in [-0.39, 0.29) is 5.95 Å². The molecule has 6 nitrogen and oxygen atoms in total. The summed E-state index contributed by atoms with van der Waals surface area (Å²) in [5.41, 5.74) is 5.65. The Kier molecular flexibility index (Phi) is 5.15. The van der Waals surface area contributed by atoms with Crippen molar-refractivity contribution >= 4 is 23.4 Å². The van der Waals surface area contributed by atoms with Crippen LogP contribution in [0.3, 0.4) is 0 Å². The molecular weight excluding hydrogens is 314 g/mol. The minimum absolute atomic E-state index is 0.214. The maximum Gasteiger partial charge on any atom is 0.223 e. The van der Waals surface area contributed by atoms with E-state index in [1.54, 1.807) is 6.07 Å². The topological polar surface area (TPSA) is 67.5 Å². The summed E-state index contributed by atoms with van der Waals surface area (Å²) in [7, 11) is 0. The van der Waals surface area contributed by atoms with E-state index in [1.807, 2.05) is 30.3 Å². The molecule has 1 aromatic heterocycles. The number of ether oxygens (including phenoxy) is 1. The third-order valence-corrected chi connectivity index (χ3v) is 4.01. The van der Waals surface area contributed by atoms with Crippen LogP contribution >= 0.6 is 11.6 Å². The average molecular weight is 334 g/mol. The molecule has 2 aromatic rings. The zero-order valence-electron chi connectivity index (χ0n) is 12.9. The fraction of sp³-hybridized carbons (Fsp3) is 0.375. The molecule has 0 radical (unpaired) electrons. The van der Waals surface area contributed by atoms with Gasteiger partial charge in [-0.2, -0.15) is 4.98 Å². The summed E-state index contributed by atoms with van der Waals surface area (Å²) >= 11 is 5.94. The molecule has 2 heterocycles. The summed E-state index contributed by atoms with van der Waals surface area (Å²) in [5.74, 6) is 1.92. The first-order valence-corrected chi connectivity index (χ1v) is 8.04. The van der Waals surface area contributed by atoms with Crippen molar-refractivity contribution in [2.45, 2.75) is 0 Å². The minimum atomic E-state index is 0.214. The van der Waals surface area contributed by atoms with Gasteiger partial charge in [-0.15, -0.1) is 0 Å². The molecule has 0 spiro atoms. The number of hydrogen-bond acceptors (Lipinski definition) is 6. The van der Waals surface area contributed by atoms with Gasteiger partial charge in [0.2, 0.25) is 5.95 Å². The van der Waals surface area contributed by atoms with Gasteiger partial charge in [0.1, 0.15) is 23.3 Å². The molecule has 0 aliphatic carbocycles. The smallest absolute Gasteiger partial charge is 0.223 e. The van der Waals surface area contributed by atoms with E-state index in [0.29, 0.717) is 11.8 Å². The van der Waals surface area contributed by atoms with Crippen LogP contribution in [-0.2, 0) is 0 Å². The fourth-order valence-corrected chi connectivity index (χ4v) is 2.78. The van der Waals surface area contributed by atoms with Crippen LogP contribution in [0.25, 0.3) is 0 Å². The second-order valence-corrected chi connectivity index (χ2v) is 5.78. The molecule has 1 fully saturated rings. The van der Waals surface area contributed by atoms with Crippen LogP contribution in [0.2, 0.25) is 5.15 Å². The molecule has 1 aromatic carbocycles. The van der Waals surface area contributed by atoms with E-state index in [2.05, 4.69) is 19.8 Å². The molecule has 0 bridgehead atoms. The molecule has 1 aliphatic heterocycles. The highest BCUT2D eigenvalue weighted by atomic mass is 35.5. The van der Waals surface area contributed by atoms with Crippen molar-refractivity contribution in [2.75, 3.05) is 50.0 Å². The standard InChI is InChI=1S/C16H20ClN5O/c17-14-12-15(20-16(18)19-14)22-8-6-21(7-9-22)10-11-23-13-4-2-1-3-5-13/h1-5,12H,6-11H2,(H2,18,19,20). The van der Waals surface area contributed by atoms with Gasteiger partial charge in [-0.05, 0) is 12.1 Å². The summed E-state index contributed by atoms with van der Waals surface area (Å²) < 4.78 is 5.74. The Morgan fingerprint density at radius 1 is 1.09 bits per heavy atom. The van der Waals surface area contributed by atoms with Gasteiger partial charge < -0.3 is 15.4 Å². The fourth-order valence-electron chi connectivity index (χ4n) is 2.59. The maximum absolute atomic E-state index is 5.94. The number of nitrogen functional groups attached to an aromatic ring is 1. The molecular formula is C16H20ClN5O. The largest absolute Gasteiger partial charge is 0.492 e. The highest BCUT2D eigenvalue weighted by Gasteiger charge is 2.18. The lowest BCUT2D eigenvalue weighted by Gasteiger charge is -2.35. The summed E-state index contributed by atoms with van der Waals surface area (Å²) in [6, 6.07) is 11.6. The zero-order chi connectivity index (χ0) is 16.1. The number of para-hydroxylation sites is 1. The number of hydrogen-bond donors (Lipinski definition) is 1. The van der Waals surface area contributed by atoms with Crippen LogP contribution in [0.15, 0.2) is 36.4 Å². The second kappa shape index (κ2) is 7.48. The highest BCUT2D eigenvalue weighted by Crippen LogP contribution is 2.18. The van der Waals surface area contributed by atoms with Crippen LogP contribution in [0, 0.1) is 0 Å². The Morgan fingerprint density at radius 3 is 2.52 bits per heavy atom. The zero-order valence-corrected chi connectivity index (χ0v) is 13.6. The second-order valence-electron chi connectivity index (χ2n) is 5.40. The molecule has 0 amide bonds. The van der Waals surface area contributed by atoms with E-state index in [9.17, 15) is 0 Å². The molecule has 3 rings (SSSR count). The van der Waals surface area contributed by atoms with Crippen molar-refractivity contribution in [1.29, 1.82) is 0 Å². The number of rotatable bonds is 5. The molecule has 1 saturated heterocycles. The van der Waals surface area contributed by atoms with Crippen LogP contribution in [0.5, 0.6) is 5.75 Å². The van der Waals surface area contributed by atoms with Crippen LogP contribution < -0.4 is 15.4 Å². The van der Waals surface area contributed by atoms with Crippen molar-refractivity contribution < 1.29 is 4.74 Å². The van der Waals surface area contributed by atoms with Gasteiger partial charge in [-0.25, -0.2) is 4.98 Å². The van der Waals surface area contributed by atoms with E-state index in [1.165, 1.54) is 0 Å². The van der Waals surface area contributed by atoms with Crippen LogP contribution in [-0.4, -0.2) is 54.2 Å². The van der Waals surface area contributed by atoms with E-state index < -0.39 is 0 Å². The Hall–Kier alpha value is -2.05. The number of piperazine rings is 1. The lowest BCUT2D eigenvalue weighted by molar-refractivity contribution is 0.200. The van der Waals surface area contributed by atoms with Gasteiger partial charge in [0.05, 0.1) is 0 Å². The summed E-state index contributed by atoms with van der Waals surface area (Å²) in [5, 5.41) is 0.381. The van der Waals surface area contributed by atoms with Gasteiger partial charge in [0.25, 0.3) is 0 Å². The van der Waals surface area contributed by atoms with Crippen molar-refractivity contribution in [2.24, 2.45) is 0 Å². The van der Waals surface area contributed by atoms with Crippen LogP contribution in [0.1, 0.15) is 0 Å². The molecule has 122 valence electrons. The van der Waals surface area contributed by atoms with Crippen molar-refractivity contribution in [3.63, 3.8) is 0 Å². The van der Waals surface area contributed by atoms with Gasteiger partial charge in [-0.3, -0.25) is 4.90 Å². The van der Waals surface area contributed by atoms with E-state index in [4.69, 9.17) is 22.1 Å². The quantitative estimate of drug-likeness (QED) is 0.843. The van der Waals surface area contributed by atoms with Gasteiger partial charge in [-0.1, -0.05) is 29.8 Å².